The third-order valence-corrected chi connectivity index (χ3v) is 3.79. The van der Waals surface area contributed by atoms with Crippen molar-refractivity contribution >= 4 is 17.5 Å². The number of para-hydroxylation sites is 2. The second-order valence-electron chi connectivity index (χ2n) is 5.17. The second-order valence-corrected chi connectivity index (χ2v) is 5.17. The number of aromatic nitrogens is 2. The van der Waals surface area contributed by atoms with Gasteiger partial charge in [-0.05, 0) is 12.1 Å². The third kappa shape index (κ3) is 3.50. The summed E-state index contributed by atoms with van der Waals surface area (Å²) in [7, 11) is 1.67. The molecule has 2 aromatic rings. The molecule has 1 saturated heterocycles. The van der Waals surface area contributed by atoms with Crippen molar-refractivity contribution in [1.82, 2.24) is 14.9 Å². The van der Waals surface area contributed by atoms with Crippen molar-refractivity contribution in [2.45, 2.75) is 0 Å². The fourth-order valence-electron chi connectivity index (χ4n) is 2.59. The number of ether oxygens (including phenoxy) is 1. The van der Waals surface area contributed by atoms with Gasteiger partial charge in [-0.3, -0.25) is 10.3 Å². The monoisotopic (exact) mass is 313 g/mol. The zero-order valence-corrected chi connectivity index (χ0v) is 13.0. The summed E-state index contributed by atoms with van der Waals surface area (Å²) in [6, 6.07) is 7.78. The third-order valence-electron chi connectivity index (χ3n) is 3.79. The van der Waals surface area contributed by atoms with Gasteiger partial charge in [0.05, 0.1) is 19.0 Å². The van der Waals surface area contributed by atoms with Crippen LogP contribution in [0, 0.1) is 0 Å². The molecule has 23 heavy (non-hydrogen) atoms. The highest BCUT2D eigenvalue weighted by molar-refractivity contribution is 5.88. The summed E-state index contributed by atoms with van der Waals surface area (Å²) in [5.41, 5.74) is 1.06. The van der Waals surface area contributed by atoms with Crippen LogP contribution in [0.1, 0.15) is 0 Å². The molecule has 7 heteroatoms. The molecule has 2 amide bonds. The number of rotatable bonds is 3. The van der Waals surface area contributed by atoms with Crippen LogP contribution in [0.2, 0.25) is 0 Å². The number of nitrogens with one attached hydrogen (secondary N) is 1. The number of carbonyl (C=O) groups is 1. The van der Waals surface area contributed by atoms with Gasteiger partial charge in [0.1, 0.15) is 5.75 Å². The van der Waals surface area contributed by atoms with E-state index in [2.05, 4.69) is 20.2 Å². The summed E-state index contributed by atoms with van der Waals surface area (Å²) in [5.74, 6) is 1.31. The maximum absolute atomic E-state index is 12.2. The van der Waals surface area contributed by atoms with Crippen LogP contribution in [-0.4, -0.2) is 54.2 Å². The normalized spacial score (nSPS) is 14.5. The SMILES string of the molecule is COc1ccccc1N1CCN(C(=O)Nc2cnccn2)CC1. The van der Waals surface area contributed by atoms with E-state index < -0.39 is 0 Å². The molecule has 0 unspecified atom stereocenters. The molecule has 120 valence electrons. The minimum atomic E-state index is -0.148. The van der Waals surface area contributed by atoms with Crippen molar-refractivity contribution in [3.8, 4) is 5.75 Å². The Morgan fingerprint density at radius 1 is 1.17 bits per heavy atom. The molecule has 1 aromatic heterocycles. The molecule has 0 bridgehead atoms. The smallest absolute Gasteiger partial charge is 0.323 e. The lowest BCUT2D eigenvalue weighted by atomic mass is 10.2. The molecule has 0 radical (unpaired) electrons. The molecule has 0 aliphatic carbocycles. The van der Waals surface area contributed by atoms with Crippen LogP contribution in [0.5, 0.6) is 5.75 Å². The Hall–Kier alpha value is -2.83. The molecule has 1 aromatic carbocycles. The highest BCUT2D eigenvalue weighted by Crippen LogP contribution is 2.28. The van der Waals surface area contributed by atoms with Crippen LogP contribution in [-0.2, 0) is 0 Å². The number of benzene rings is 1. The van der Waals surface area contributed by atoms with Crippen molar-refractivity contribution in [3.63, 3.8) is 0 Å². The van der Waals surface area contributed by atoms with Gasteiger partial charge in [0, 0.05) is 38.6 Å². The first-order chi connectivity index (χ1) is 11.3. The Morgan fingerprint density at radius 2 is 1.96 bits per heavy atom. The quantitative estimate of drug-likeness (QED) is 0.936. The van der Waals surface area contributed by atoms with E-state index in [0.717, 1.165) is 24.5 Å². The summed E-state index contributed by atoms with van der Waals surface area (Å²) in [6.07, 6.45) is 4.65. The number of piperazine rings is 1. The van der Waals surface area contributed by atoms with Crippen molar-refractivity contribution in [3.05, 3.63) is 42.9 Å². The van der Waals surface area contributed by atoms with Crippen LogP contribution in [0.25, 0.3) is 0 Å². The number of carbonyl (C=O) groups excluding carboxylic acids is 1. The minimum Gasteiger partial charge on any atom is -0.495 e. The molecular weight excluding hydrogens is 294 g/mol. The van der Waals surface area contributed by atoms with Crippen LogP contribution in [0.15, 0.2) is 42.9 Å². The molecule has 1 aliphatic heterocycles. The van der Waals surface area contributed by atoms with Crippen LogP contribution in [0.4, 0.5) is 16.3 Å². The molecule has 3 rings (SSSR count). The average molecular weight is 313 g/mol. The first-order valence-electron chi connectivity index (χ1n) is 7.48. The maximum Gasteiger partial charge on any atom is 0.323 e. The van der Waals surface area contributed by atoms with E-state index in [-0.39, 0.29) is 6.03 Å². The van der Waals surface area contributed by atoms with E-state index in [1.807, 2.05) is 24.3 Å². The molecule has 0 atom stereocenters. The summed E-state index contributed by atoms with van der Waals surface area (Å²) in [5, 5.41) is 2.76. The number of urea groups is 1. The van der Waals surface area contributed by atoms with Gasteiger partial charge in [-0.1, -0.05) is 12.1 Å². The van der Waals surface area contributed by atoms with Gasteiger partial charge >= 0.3 is 6.03 Å². The Bertz CT molecular complexity index is 657. The Morgan fingerprint density at radius 3 is 2.65 bits per heavy atom. The first kappa shape index (κ1) is 15.1. The Balaban J connectivity index is 1.59. The lowest BCUT2D eigenvalue weighted by Gasteiger charge is -2.36. The summed E-state index contributed by atoms with van der Waals surface area (Å²) in [4.78, 5) is 24.2. The van der Waals surface area contributed by atoms with Crippen LogP contribution in [0.3, 0.4) is 0 Å². The minimum absolute atomic E-state index is 0.148. The number of amides is 2. The zero-order valence-electron chi connectivity index (χ0n) is 13.0. The Labute approximate surface area is 134 Å². The molecule has 0 saturated carbocycles. The van der Waals surface area contributed by atoms with E-state index in [1.54, 1.807) is 24.4 Å². The molecule has 2 heterocycles. The van der Waals surface area contributed by atoms with Crippen molar-refractivity contribution < 1.29 is 9.53 Å². The topological polar surface area (TPSA) is 70.6 Å². The lowest BCUT2D eigenvalue weighted by molar-refractivity contribution is 0.208. The van der Waals surface area contributed by atoms with Gasteiger partial charge < -0.3 is 14.5 Å². The molecular formula is C16H19N5O2. The van der Waals surface area contributed by atoms with Crippen LogP contribution < -0.4 is 15.0 Å². The predicted molar refractivity (Wildman–Crippen MR) is 87.8 cm³/mol. The van der Waals surface area contributed by atoms with Gasteiger partial charge in [0.2, 0.25) is 0 Å². The highest BCUT2D eigenvalue weighted by atomic mass is 16.5. The molecule has 7 nitrogen and oxygen atoms in total. The van der Waals surface area contributed by atoms with Crippen LogP contribution >= 0.6 is 0 Å². The number of hydrogen-bond donors (Lipinski definition) is 1. The van der Waals surface area contributed by atoms with E-state index in [4.69, 9.17) is 4.74 Å². The van der Waals surface area contributed by atoms with Crippen molar-refractivity contribution in [1.29, 1.82) is 0 Å². The van der Waals surface area contributed by atoms with Gasteiger partial charge in [-0.15, -0.1) is 0 Å². The standard InChI is InChI=1S/C16H19N5O2/c1-23-14-5-3-2-4-13(14)20-8-10-21(11-9-20)16(22)19-15-12-17-6-7-18-15/h2-7,12H,8-11H2,1H3,(H,18,19,22). The molecule has 0 spiro atoms. The molecule has 1 aliphatic rings. The first-order valence-corrected chi connectivity index (χ1v) is 7.48. The highest BCUT2D eigenvalue weighted by Gasteiger charge is 2.23. The van der Waals surface area contributed by atoms with Crippen molar-refractivity contribution in [2.24, 2.45) is 0 Å². The van der Waals surface area contributed by atoms with Crippen molar-refractivity contribution in [2.75, 3.05) is 43.5 Å². The van der Waals surface area contributed by atoms with Gasteiger partial charge in [-0.25, -0.2) is 9.78 Å². The fourth-order valence-corrected chi connectivity index (χ4v) is 2.59. The average Bonchev–Trinajstić information content (AvgIpc) is 2.62. The summed E-state index contributed by atoms with van der Waals surface area (Å²) < 4.78 is 5.40. The number of hydrogen-bond acceptors (Lipinski definition) is 5. The van der Waals surface area contributed by atoms with E-state index in [0.29, 0.717) is 18.9 Å². The largest absolute Gasteiger partial charge is 0.495 e. The zero-order chi connectivity index (χ0) is 16.1. The van der Waals surface area contributed by atoms with Gasteiger partial charge in [-0.2, -0.15) is 0 Å². The second kappa shape index (κ2) is 6.95. The van der Waals surface area contributed by atoms with E-state index in [1.165, 1.54) is 6.20 Å². The lowest BCUT2D eigenvalue weighted by Crippen LogP contribution is -2.50. The molecule has 1 fully saturated rings. The Kier molecular flexibility index (Phi) is 4.56. The number of nitrogens with zero attached hydrogens (tertiary/aromatic N) is 4. The molecule has 1 N–H and O–H groups in total. The summed E-state index contributed by atoms with van der Waals surface area (Å²) >= 11 is 0. The number of methoxy groups -OCH3 is 1. The van der Waals surface area contributed by atoms with E-state index in [9.17, 15) is 4.79 Å². The fraction of sp³-hybridized carbons (Fsp3) is 0.312. The van der Waals surface area contributed by atoms with Gasteiger partial charge in [0.25, 0.3) is 0 Å². The maximum atomic E-state index is 12.2. The van der Waals surface area contributed by atoms with E-state index >= 15 is 0 Å². The number of anilines is 2. The summed E-state index contributed by atoms with van der Waals surface area (Å²) in [6.45, 7) is 2.80. The predicted octanol–water partition coefficient (Wildman–Crippen LogP) is 1.84. The van der Waals surface area contributed by atoms with Gasteiger partial charge in [0.15, 0.2) is 5.82 Å².